The Bertz CT molecular complexity index is 436. The van der Waals surface area contributed by atoms with Crippen molar-refractivity contribution < 1.29 is 4.74 Å². The van der Waals surface area contributed by atoms with Crippen LogP contribution in [0.5, 0.6) is 0 Å². The molecule has 5 heteroatoms. The van der Waals surface area contributed by atoms with Crippen LogP contribution in [0.4, 0.5) is 5.82 Å². The van der Waals surface area contributed by atoms with Crippen LogP contribution in [0.3, 0.4) is 0 Å². The lowest BCUT2D eigenvalue weighted by atomic mass is 9.83. The van der Waals surface area contributed by atoms with E-state index >= 15 is 0 Å². The van der Waals surface area contributed by atoms with Gasteiger partial charge in [0.15, 0.2) is 0 Å². The molecule has 3 rings (SSSR count). The predicted octanol–water partition coefficient (Wildman–Crippen LogP) is 2.62. The summed E-state index contributed by atoms with van der Waals surface area (Å²) < 4.78 is 5.46. The molecule has 1 saturated heterocycles. The van der Waals surface area contributed by atoms with Gasteiger partial charge in [-0.25, -0.2) is 9.97 Å². The van der Waals surface area contributed by atoms with Crippen LogP contribution in [-0.2, 0) is 4.74 Å². The van der Waals surface area contributed by atoms with E-state index < -0.39 is 0 Å². The van der Waals surface area contributed by atoms with E-state index in [1.807, 2.05) is 0 Å². The van der Waals surface area contributed by atoms with Crippen molar-refractivity contribution in [3.8, 4) is 0 Å². The van der Waals surface area contributed by atoms with E-state index in [2.05, 4.69) is 27.9 Å². The molecular weight excluding hydrogens is 250 g/mol. The van der Waals surface area contributed by atoms with E-state index in [9.17, 15) is 0 Å². The van der Waals surface area contributed by atoms with Crippen LogP contribution in [0.1, 0.15) is 37.8 Å². The molecule has 1 aromatic rings. The van der Waals surface area contributed by atoms with Crippen molar-refractivity contribution in [1.82, 2.24) is 9.97 Å². The number of rotatable bonds is 2. The molecule has 1 atom stereocenters. The van der Waals surface area contributed by atoms with Crippen LogP contribution >= 0.6 is 11.6 Å². The monoisotopic (exact) mass is 267 g/mol. The quantitative estimate of drug-likeness (QED) is 0.772. The second kappa shape index (κ2) is 5.02. The molecule has 1 aromatic heterocycles. The summed E-state index contributed by atoms with van der Waals surface area (Å²) in [6.45, 7) is 4.53. The lowest BCUT2D eigenvalue weighted by Gasteiger charge is -2.35. The SMILES string of the molecule is C[C@@H]1COCCN1c1cc(C2CCC2)nc(Cl)n1. The van der Waals surface area contributed by atoms with Gasteiger partial charge in [-0.2, -0.15) is 0 Å². The molecule has 2 fully saturated rings. The minimum Gasteiger partial charge on any atom is -0.377 e. The summed E-state index contributed by atoms with van der Waals surface area (Å²) in [5.74, 6) is 1.54. The highest BCUT2D eigenvalue weighted by atomic mass is 35.5. The summed E-state index contributed by atoms with van der Waals surface area (Å²) in [6, 6.07) is 2.45. The highest BCUT2D eigenvalue weighted by Gasteiger charge is 2.25. The molecule has 0 unspecified atom stereocenters. The summed E-state index contributed by atoms with van der Waals surface area (Å²) in [5.41, 5.74) is 1.11. The second-order valence-electron chi connectivity index (χ2n) is 5.17. The Morgan fingerprint density at radius 1 is 1.39 bits per heavy atom. The Morgan fingerprint density at radius 3 is 2.89 bits per heavy atom. The summed E-state index contributed by atoms with van der Waals surface area (Å²) in [7, 11) is 0. The van der Waals surface area contributed by atoms with Crippen LogP contribution in [0, 0.1) is 0 Å². The molecule has 1 aliphatic heterocycles. The molecule has 0 aromatic carbocycles. The lowest BCUT2D eigenvalue weighted by molar-refractivity contribution is 0.0985. The van der Waals surface area contributed by atoms with Gasteiger partial charge in [0.25, 0.3) is 0 Å². The van der Waals surface area contributed by atoms with E-state index in [1.165, 1.54) is 19.3 Å². The number of hydrogen-bond donors (Lipinski definition) is 0. The zero-order chi connectivity index (χ0) is 12.5. The van der Waals surface area contributed by atoms with Gasteiger partial charge >= 0.3 is 0 Å². The molecule has 4 nitrogen and oxygen atoms in total. The molecule has 0 spiro atoms. The molecule has 1 saturated carbocycles. The van der Waals surface area contributed by atoms with E-state index in [0.717, 1.165) is 31.3 Å². The zero-order valence-corrected chi connectivity index (χ0v) is 11.4. The van der Waals surface area contributed by atoms with Crippen molar-refractivity contribution >= 4 is 17.4 Å². The molecule has 18 heavy (non-hydrogen) atoms. The van der Waals surface area contributed by atoms with Crippen molar-refractivity contribution in [2.45, 2.75) is 38.1 Å². The first kappa shape index (κ1) is 12.2. The van der Waals surface area contributed by atoms with Crippen molar-refractivity contribution in [2.24, 2.45) is 0 Å². The molecule has 98 valence electrons. The second-order valence-corrected chi connectivity index (χ2v) is 5.50. The van der Waals surface area contributed by atoms with Gasteiger partial charge in [-0.3, -0.25) is 0 Å². The summed E-state index contributed by atoms with van der Waals surface area (Å²) >= 11 is 6.06. The zero-order valence-electron chi connectivity index (χ0n) is 10.6. The maximum absolute atomic E-state index is 6.06. The van der Waals surface area contributed by atoms with Gasteiger partial charge in [0.05, 0.1) is 24.9 Å². The number of aromatic nitrogens is 2. The topological polar surface area (TPSA) is 38.2 Å². The average Bonchev–Trinajstić information content (AvgIpc) is 2.26. The predicted molar refractivity (Wildman–Crippen MR) is 71.3 cm³/mol. The summed E-state index contributed by atoms with van der Waals surface area (Å²) in [6.07, 6.45) is 3.76. The Balaban J connectivity index is 1.88. The minimum atomic E-state index is 0.346. The van der Waals surface area contributed by atoms with Crippen molar-refractivity contribution in [3.05, 3.63) is 17.0 Å². The Morgan fingerprint density at radius 2 is 2.22 bits per heavy atom. The van der Waals surface area contributed by atoms with Crippen LogP contribution < -0.4 is 4.90 Å². The van der Waals surface area contributed by atoms with Crippen LogP contribution in [0.15, 0.2) is 6.07 Å². The third-order valence-corrected chi connectivity index (χ3v) is 4.06. The largest absolute Gasteiger partial charge is 0.377 e. The number of halogens is 1. The van der Waals surface area contributed by atoms with Gasteiger partial charge in [-0.15, -0.1) is 0 Å². The van der Waals surface area contributed by atoms with Crippen LogP contribution in [0.25, 0.3) is 0 Å². The molecule has 0 amide bonds. The first-order valence-corrected chi connectivity index (χ1v) is 7.00. The Kier molecular flexibility index (Phi) is 3.39. The molecule has 0 bridgehead atoms. The standard InChI is InChI=1S/C13H18ClN3O/c1-9-8-18-6-5-17(9)12-7-11(10-3-2-4-10)15-13(14)16-12/h7,9-10H,2-6,8H2,1H3/t9-/m1/s1. The molecular formula is C13H18ClN3O. The molecule has 2 aliphatic rings. The third kappa shape index (κ3) is 2.31. The van der Waals surface area contributed by atoms with Gasteiger partial charge in [0, 0.05) is 18.5 Å². The Labute approximate surface area is 112 Å². The fourth-order valence-corrected chi connectivity index (χ4v) is 2.73. The minimum absolute atomic E-state index is 0.346. The first-order chi connectivity index (χ1) is 8.74. The highest BCUT2D eigenvalue weighted by molar-refractivity contribution is 6.28. The smallest absolute Gasteiger partial charge is 0.224 e. The van der Waals surface area contributed by atoms with Gasteiger partial charge in [-0.05, 0) is 31.4 Å². The fourth-order valence-electron chi connectivity index (χ4n) is 2.55. The van der Waals surface area contributed by atoms with Crippen molar-refractivity contribution in [3.63, 3.8) is 0 Å². The molecule has 2 heterocycles. The van der Waals surface area contributed by atoms with Crippen LogP contribution in [-0.4, -0.2) is 35.8 Å². The maximum Gasteiger partial charge on any atom is 0.224 e. The van der Waals surface area contributed by atoms with E-state index in [-0.39, 0.29) is 0 Å². The lowest BCUT2D eigenvalue weighted by Crippen LogP contribution is -2.44. The van der Waals surface area contributed by atoms with E-state index in [0.29, 0.717) is 17.2 Å². The van der Waals surface area contributed by atoms with Gasteiger partial charge in [0.2, 0.25) is 5.28 Å². The number of hydrogen-bond acceptors (Lipinski definition) is 4. The van der Waals surface area contributed by atoms with Gasteiger partial charge < -0.3 is 9.64 Å². The number of morpholine rings is 1. The fraction of sp³-hybridized carbons (Fsp3) is 0.692. The van der Waals surface area contributed by atoms with Crippen molar-refractivity contribution in [2.75, 3.05) is 24.7 Å². The third-order valence-electron chi connectivity index (χ3n) is 3.89. The maximum atomic E-state index is 6.06. The first-order valence-electron chi connectivity index (χ1n) is 6.63. The molecule has 0 N–H and O–H groups in total. The summed E-state index contributed by atoms with van der Waals surface area (Å²) in [5, 5.41) is 0.369. The average molecular weight is 268 g/mol. The van der Waals surface area contributed by atoms with Crippen molar-refractivity contribution in [1.29, 1.82) is 0 Å². The molecule has 0 radical (unpaired) electrons. The van der Waals surface area contributed by atoms with Gasteiger partial charge in [-0.1, -0.05) is 6.42 Å². The number of nitrogens with zero attached hydrogens (tertiary/aromatic N) is 3. The number of ether oxygens (including phenoxy) is 1. The van der Waals surface area contributed by atoms with Gasteiger partial charge in [0.1, 0.15) is 5.82 Å². The summed E-state index contributed by atoms with van der Waals surface area (Å²) in [4.78, 5) is 11.0. The van der Waals surface area contributed by atoms with E-state index in [1.54, 1.807) is 0 Å². The van der Waals surface area contributed by atoms with E-state index in [4.69, 9.17) is 16.3 Å². The molecule has 1 aliphatic carbocycles. The van der Waals surface area contributed by atoms with Crippen LogP contribution in [0.2, 0.25) is 5.28 Å². The Hall–Kier alpha value is -0.870. The highest BCUT2D eigenvalue weighted by Crippen LogP contribution is 2.36. The number of anilines is 1. The normalized spacial score (nSPS) is 25.0.